The van der Waals surface area contributed by atoms with E-state index >= 15 is 0 Å². The highest BCUT2D eigenvalue weighted by Gasteiger charge is 2.31. The molecular weight excluding hydrogens is 375 g/mol. The SMILES string of the molecule is CCC(=O)CCC(C(C)=O)=P(c1ccccc1)(c1ccccc1)c1ccccc1. The molecule has 3 heteroatoms. The van der Waals surface area contributed by atoms with Crippen LogP contribution in [0.4, 0.5) is 0 Å². The van der Waals surface area contributed by atoms with Crippen LogP contribution in [0.2, 0.25) is 0 Å². The molecule has 0 spiro atoms. The number of rotatable bonds is 8. The van der Waals surface area contributed by atoms with E-state index in [0.717, 1.165) is 21.2 Å². The minimum Gasteiger partial charge on any atom is -0.300 e. The van der Waals surface area contributed by atoms with E-state index < -0.39 is 6.89 Å². The fraction of sp³-hybridized carbons (Fsp3) is 0.192. The maximum atomic E-state index is 13.1. The molecule has 0 fully saturated rings. The molecule has 3 aromatic rings. The van der Waals surface area contributed by atoms with Crippen molar-refractivity contribution in [1.82, 2.24) is 0 Å². The van der Waals surface area contributed by atoms with Crippen molar-refractivity contribution in [3.8, 4) is 0 Å². The Hall–Kier alpha value is -2.70. The molecule has 0 aliphatic rings. The Morgan fingerprint density at radius 3 is 1.34 bits per heavy atom. The van der Waals surface area contributed by atoms with E-state index in [9.17, 15) is 9.59 Å². The fourth-order valence-electron chi connectivity index (χ4n) is 3.88. The summed E-state index contributed by atoms with van der Waals surface area (Å²) >= 11 is 0. The first-order valence-corrected chi connectivity index (χ1v) is 11.8. The molecule has 0 aromatic heterocycles. The van der Waals surface area contributed by atoms with Crippen molar-refractivity contribution in [1.29, 1.82) is 0 Å². The van der Waals surface area contributed by atoms with Gasteiger partial charge in [0.25, 0.3) is 0 Å². The zero-order chi connectivity index (χ0) is 20.7. The van der Waals surface area contributed by atoms with Gasteiger partial charge in [-0.05, 0) is 36.1 Å². The van der Waals surface area contributed by atoms with Crippen molar-refractivity contribution in [2.45, 2.75) is 33.1 Å². The van der Waals surface area contributed by atoms with Gasteiger partial charge in [-0.25, -0.2) is 0 Å². The average Bonchev–Trinajstić information content (AvgIpc) is 2.78. The summed E-state index contributed by atoms with van der Waals surface area (Å²) in [5, 5.41) is 4.30. The molecule has 0 radical (unpaired) electrons. The van der Waals surface area contributed by atoms with Crippen molar-refractivity contribution in [2.24, 2.45) is 0 Å². The molecule has 0 saturated carbocycles. The largest absolute Gasteiger partial charge is 0.300 e. The van der Waals surface area contributed by atoms with Gasteiger partial charge in [-0.2, -0.15) is 0 Å². The lowest BCUT2D eigenvalue weighted by Gasteiger charge is -2.32. The summed E-state index contributed by atoms with van der Waals surface area (Å²) in [5.74, 6) is 0.259. The Balaban J connectivity index is 2.47. The molecule has 0 heterocycles. The number of ketones is 2. The highest BCUT2D eigenvalue weighted by Crippen LogP contribution is 2.47. The van der Waals surface area contributed by atoms with Gasteiger partial charge in [-0.15, -0.1) is 0 Å². The van der Waals surface area contributed by atoms with Crippen molar-refractivity contribution >= 4 is 39.7 Å². The topological polar surface area (TPSA) is 34.1 Å². The van der Waals surface area contributed by atoms with Crippen LogP contribution in [0.5, 0.6) is 0 Å². The summed E-state index contributed by atoms with van der Waals surface area (Å²) in [5.41, 5.74) is 0. The second kappa shape index (κ2) is 9.67. The molecule has 0 atom stereocenters. The molecule has 2 nitrogen and oxygen atoms in total. The van der Waals surface area contributed by atoms with Crippen LogP contribution >= 0.6 is 6.89 Å². The van der Waals surface area contributed by atoms with Crippen LogP contribution in [0.25, 0.3) is 0 Å². The van der Waals surface area contributed by atoms with E-state index in [1.807, 2.05) is 61.5 Å². The molecule has 0 unspecified atom stereocenters. The lowest BCUT2D eigenvalue weighted by atomic mass is 10.1. The van der Waals surface area contributed by atoms with Crippen LogP contribution in [0.3, 0.4) is 0 Å². The van der Waals surface area contributed by atoms with E-state index in [1.54, 1.807) is 6.92 Å². The summed E-state index contributed by atoms with van der Waals surface area (Å²) in [6.45, 7) is 1.16. The molecule has 3 aromatic carbocycles. The molecule has 3 rings (SSSR count). The van der Waals surface area contributed by atoms with Gasteiger partial charge >= 0.3 is 0 Å². The van der Waals surface area contributed by atoms with Gasteiger partial charge < -0.3 is 0 Å². The highest BCUT2D eigenvalue weighted by atomic mass is 31.2. The summed E-state index contributed by atoms with van der Waals surface area (Å²) < 4.78 is 0. The molecule has 0 bridgehead atoms. The Labute approximate surface area is 173 Å². The molecule has 0 saturated heterocycles. The maximum Gasteiger partial charge on any atom is 0.156 e. The number of hydrogen-bond donors (Lipinski definition) is 0. The first-order chi connectivity index (χ1) is 14.1. The lowest BCUT2D eigenvalue weighted by molar-refractivity contribution is -0.118. The third-order valence-corrected chi connectivity index (χ3v) is 9.84. The minimum absolute atomic E-state index is 0.0683. The zero-order valence-corrected chi connectivity index (χ0v) is 17.9. The molecule has 0 N–H and O–H groups in total. The van der Waals surface area contributed by atoms with E-state index in [-0.39, 0.29) is 11.6 Å². The minimum atomic E-state index is -2.37. The van der Waals surface area contributed by atoms with Crippen molar-refractivity contribution in [3.63, 3.8) is 0 Å². The van der Waals surface area contributed by atoms with E-state index in [2.05, 4.69) is 36.4 Å². The second-order valence-electron chi connectivity index (χ2n) is 7.07. The predicted octanol–water partition coefficient (Wildman–Crippen LogP) is 4.50. The third kappa shape index (κ3) is 4.33. The van der Waals surface area contributed by atoms with Gasteiger partial charge in [0.15, 0.2) is 5.78 Å². The highest BCUT2D eigenvalue weighted by molar-refractivity contribution is 7.96. The fourth-order valence-corrected chi connectivity index (χ4v) is 8.49. The van der Waals surface area contributed by atoms with Crippen LogP contribution in [-0.4, -0.2) is 16.9 Å². The number of carbonyl (C=O) groups excluding carboxylic acids is 2. The van der Waals surface area contributed by atoms with Crippen LogP contribution in [0, 0.1) is 0 Å². The number of Topliss-reactive ketones (excluding diaryl/α,β-unsaturated/α-hetero) is 2. The van der Waals surface area contributed by atoms with Gasteiger partial charge in [0.1, 0.15) is 5.78 Å². The van der Waals surface area contributed by atoms with Crippen LogP contribution in [-0.2, 0) is 9.59 Å². The van der Waals surface area contributed by atoms with E-state index in [1.165, 1.54) is 0 Å². The Morgan fingerprint density at radius 1 is 0.655 bits per heavy atom. The summed E-state index contributed by atoms with van der Waals surface area (Å²) in [7, 11) is 0. The Kier molecular flexibility index (Phi) is 7.01. The number of carbonyl (C=O) groups is 2. The first-order valence-electron chi connectivity index (χ1n) is 10.1. The lowest BCUT2D eigenvalue weighted by Crippen LogP contribution is -2.33. The normalized spacial score (nSPS) is 11.1. The smallest absolute Gasteiger partial charge is 0.156 e. The quantitative estimate of drug-likeness (QED) is 0.520. The van der Waals surface area contributed by atoms with Crippen molar-refractivity contribution in [2.75, 3.05) is 0 Å². The number of hydrogen-bond acceptors (Lipinski definition) is 2. The van der Waals surface area contributed by atoms with Crippen LogP contribution < -0.4 is 15.9 Å². The molecule has 29 heavy (non-hydrogen) atoms. The van der Waals surface area contributed by atoms with Crippen molar-refractivity contribution in [3.05, 3.63) is 91.0 Å². The monoisotopic (exact) mass is 402 g/mol. The molecule has 148 valence electrons. The second-order valence-corrected chi connectivity index (χ2v) is 10.5. The van der Waals surface area contributed by atoms with Gasteiger partial charge in [0.05, 0.1) is 0 Å². The Bertz CT molecular complexity index is 919. The molecule has 0 amide bonds. The van der Waals surface area contributed by atoms with Gasteiger partial charge in [-0.1, -0.05) is 97.9 Å². The summed E-state index contributed by atoms with van der Waals surface area (Å²) in [6, 6.07) is 30.9. The Morgan fingerprint density at radius 2 is 1.03 bits per heavy atom. The molecular formula is C26H27O2P. The summed E-state index contributed by atoms with van der Waals surface area (Å²) in [4.78, 5) is 25.3. The number of benzene rings is 3. The maximum absolute atomic E-state index is 13.1. The van der Waals surface area contributed by atoms with E-state index in [0.29, 0.717) is 19.3 Å². The third-order valence-electron chi connectivity index (χ3n) is 5.28. The predicted molar refractivity (Wildman–Crippen MR) is 125 cm³/mol. The standard InChI is InChI=1S/C26H27O2P/c1-3-22(28)19-20-26(21(2)27)29(23-13-7-4-8-14-23,24-15-9-5-10-16-24)25-17-11-6-12-18-25/h4-18H,3,19-20H2,1-2H3. The van der Waals surface area contributed by atoms with E-state index in [4.69, 9.17) is 0 Å². The van der Waals surface area contributed by atoms with Crippen LogP contribution in [0.15, 0.2) is 91.0 Å². The molecule has 0 aliphatic carbocycles. The zero-order valence-electron chi connectivity index (χ0n) is 17.0. The summed E-state index contributed by atoms with van der Waals surface area (Å²) in [6.07, 6.45) is 1.40. The molecule has 0 aliphatic heterocycles. The van der Waals surface area contributed by atoms with Crippen molar-refractivity contribution < 1.29 is 9.59 Å². The first kappa shape index (κ1) is 21.0. The van der Waals surface area contributed by atoms with Gasteiger partial charge in [0, 0.05) is 18.1 Å². The van der Waals surface area contributed by atoms with Gasteiger partial charge in [0.2, 0.25) is 0 Å². The van der Waals surface area contributed by atoms with Crippen LogP contribution in [0.1, 0.15) is 33.1 Å². The van der Waals surface area contributed by atoms with Gasteiger partial charge in [-0.3, -0.25) is 9.59 Å². The average molecular weight is 402 g/mol.